The topological polar surface area (TPSA) is 67.0 Å². The molecular weight excluding hydrogens is 206 g/mol. The average molecular weight is 223 g/mol. The Morgan fingerprint density at radius 3 is 3.25 bits per heavy atom. The summed E-state index contributed by atoms with van der Waals surface area (Å²) in [7, 11) is 0. The van der Waals surface area contributed by atoms with Crippen LogP contribution in [0.2, 0.25) is 0 Å². The van der Waals surface area contributed by atoms with Crippen LogP contribution in [0.3, 0.4) is 0 Å². The number of rotatable bonds is 4. The van der Waals surface area contributed by atoms with Crippen molar-refractivity contribution in [2.45, 2.75) is 31.8 Å². The number of nitrogens with zero attached hydrogens (tertiary/aromatic N) is 1. The van der Waals surface area contributed by atoms with E-state index >= 15 is 0 Å². The Hall–Kier alpha value is -1.36. The van der Waals surface area contributed by atoms with Crippen molar-refractivity contribution in [2.75, 3.05) is 13.2 Å². The normalized spacial score (nSPS) is 24.6. The van der Waals surface area contributed by atoms with E-state index in [1.165, 1.54) is 0 Å². The number of nitrogens with one attached hydrogen (secondary N) is 2. The fraction of sp³-hybridized carbons (Fsp3) is 0.636. The Morgan fingerprint density at radius 2 is 2.62 bits per heavy atom. The first-order valence-corrected chi connectivity index (χ1v) is 5.60. The lowest BCUT2D eigenvalue weighted by Gasteiger charge is -2.21. The minimum Gasteiger partial charge on any atom is -0.365 e. The second-order valence-electron chi connectivity index (χ2n) is 4.27. The van der Waals surface area contributed by atoms with Gasteiger partial charge in [-0.3, -0.25) is 4.79 Å². The Morgan fingerprint density at radius 1 is 1.75 bits per heavy atom. The highest BCUT2D eigenvalue weighted by Crippen LogP contribution is 2.24. The van der Waals surface area contributed by atoms with E-state index in [0.717, 1.165) is 25.0 Å². The van der Waals surface area contributed by atoms with Crippen LogP contribution in [0.25, 0.3) is 0 Å². The molecule has 0 aliphatic carbocycles. The molecular formula is C11H17N3O2. The summed E-state index contributed by atoms with van der Waals surface area (Å²) < 4.78 is 5.46. The van der Waals surface area contributed by atoms with E-state index < -0.39 is 5.60 Å². The Bertz CT molecular complexity index is 342. The van der Waals surface area contributed by atoms with Gasteiger partial charge in [-0.25, -0.2) is 4.98 Å². The third kappa shape index (κ3) is 2.41. The maximum Gasteiger partial charge on any atom is 0.251 e. The molecule has 0 saturated carbocycles. The number of imidazole rings is 1. The Balaban J connectivity index is 1.75. The van der Waals surface area contributed by atoms with Crippen LogP contribution < -0.4 is 5.32 Å². The first-order valence-electron chi connectivity index (χ1n) is 5.60. The second-order valence-corrected chi connectivity index (χ2v) is 4.27. The molecule has 2 heterocycles. The molecule has 5 nitrogen and oxygen atoms in total. The summed E-state index contributed by atoms with van der Waals surface area (Å²) >= 11 is 0. The van der Waals surface area contributed by atoms with E-state index in [1.807, 2.05) is 6.92 Å². The Labute approximate surface area is 94.6 Å². The zero-order valence-corrected chi connectivity index (χ0v) is 9.45. The highest BCUT2D eigenvalue weighted by molar-refractivity contribution is 5.84. The Kier molecular flexibility index (Phi) is 3.24. The molecule has 16 heavy (non-hydrogen) atoms. The van der Waals surface area contributed by atoms with E-state index in [9.17, 15) is 4.79 Å². The monoisotopic (exact) mass is 223 g/mol. The molecule has 1 aromatic rings. The van der Waals surface area contributed by atoms with E-state index in [-0.39, 0.29) is 5.91 Å². The van der Waals surface area contributed by atoms with Crippen LogP contribution in [0.4, 0.5) is 0 Å². The van der Waals surface area contributed by atoms with E-state index in [0.29, 0.717) is 13.2 Å². The lowest BCUT2D eigenvalue weighted by atomic mass is 10.0. The number of aromatic amines is 1. The number of carbonyl (C=O) groups is 1. The number of amides is 1. The number of H-pyrrole nitrogens is 1. The summed E-state index contributed by atoms with van der Waals surface area (Å²) in [5.41, 5.74) is 0.409. The minimum atomic E-state index is -0.617. The molecule has 1 fully saturated rings. The lowest BCUT2D eigenvalue weighted by molar-refractivity contribution is -0.139. The molecule has 1 aliphatic heterocycles. The lowest BCUT2D eigenvalue weighted by Crippen LogP contribution is -2.44. The molecule has 1 unspecified atom stereocenters. The third-order valence-electron chi connectivity index (χ3n) is 2.93. The van der Waals surface area contributed by atoms with Crippen molar-refractivity contribution >= 4 is 5.91 Å². The number of hydrogen-bond donors (Lipinski definition) is 2. The summed E-state index contributed by atoms with van der Waals surface area (Å²) in [4.78, 5) is 18.7. The van der Waals surface area contributed by atoms with Crippen molar-refractivity contribution in [3.05, 3.63) is 18.2 Å². The summed E-state index contributed by atoms with van der Waals surface area (Å²) in [5.74, 6) is -0.00971. The maximum absolute atomic E-state index is 11.8. The first-order chi connectivity index (χ1) is 7.71. The first kappa shape index (κ1) is 11.1. The fourth-order valence-corrected chi connectivity index (χ4v) is 1.88. The summed E-state index contributed by atoms with van der Waals surface area (Å²) in [5, 5.41) is 2.89. The van der Waals surface area contributed by atoms with Crippen LogP contribution in [-0.4, -0.2) is 34.6 Å². The molecule has 0 aromatic carbocycles. The number of ether oxygens (including phenoxy) is 1. The van der Waals surface area contributed by atoms with E-state index in [1.54, 1.807) is 12.5 Å². The van der Waals surface area contributed by atoms with Gasteiger partial charge in [0.25, 0.3) is 5.91 Å². The van der Waals surface area contributed by atoms with Gasteiger partial charge in [0.2, 0.25) is 0 Å². The van der Waals surface area contributed by atoms with Gasteiger partial charge in [0.15, 0.2) is 0 Å². The molecule has 88 valence electrons. The van der Waals surface area contributed by atoms with Crippen molar-refractivity contribution in [2.24, 2.45) is 0 Å². The van der Waals surface area contributed by atoms with Gasteiger partial charge < -0.3 is 15.0 Å². The molecule has 0 bridgehead atoms. The van der Waals surface area contributed by atoms with E-state index in [4.69, 9.17) is 4.74 Å². The summed E-state index contributed by atoms with van der Waals surface area (Å²) in [6, 6.07) is 0. The van der Waals surface area contributed by atoms with Gasteiger partial charge in [-0.15, -0.1) is 0 Å². The molecule has 1 amide bonds. The van der Waals surface area contributed by atoms with Gasteiger partial charge in [0.05, 0.1) is 6.33 Å². The minimum absolute atomic E-state index is 0.00971. The van der Waals surface area contributed by atoms with Gasteiger partial charge in [-0.2, -0.15) is 0 Å². The summed E-state index contributed by atoms with van der Waals surface area (Å²) in [6.07, 6.45) is 5.94. The highest BCUT2D eigenvalue weighted by atomic mass is 16.5. The van der Waals surface area contributed by atoms with Crippen LogP contribution in [-0.2, 0) is 16.0 Å². The van der Waals surface area contributed by atoms with Crippen LogP contribution in [0, 0.1) is 0 Å². The van der Waals surface area contributed by atoms with Gasteiger partial charge in [0, 0.05) is 31.5 Å². The molecule has 0 spiro atoms. The molecule has 1 saturated heterocycles. The molecule has 1 atom stereocenters. The van der Waals surface area contributed by atoms with Gasteiger partial charge in [-0.1, -0.05) is 0 Å². The van der Waals surface area contributed by atoms with Crippen LogP contribution >= 0.6 is 0 Å². The predicted molar refractivity (Wildman–Crippen MR) is 58.9 cm³/mol. The summed E-state index contributed by atoms with van der Waals surface area (Å²) in [6.45, 7) is 3.15. The van der Waals surface area contributed by atoms with E-state index in [2.05, 4.69) is 15.3 Å². The van der Waals surface area contributed by atoms with Crippen molar-refractivity contribution in [1.82, 2.24) is 15.3 Å². The molecule has 1 aliphatic rings. The second kappa shape index (κ2) is 4.65. The highest BCUT2D eigenvalue weighted by Gasteiger charge is 2.37. The van der Waals surface area contributed by atoms with Crippen molar-refractivity contribution < 1.29 is 9.53 Å². The molecule has 1 aromatic heterocycles. The molecule has 0 radical (unpaired) electrons. The van der Waals surface area contributed by atoms with Crippen LogP contribution in [0.15, 0.2) is 12.5 Å². The molecule has 5 heteroatoms. The third-order valence-corrected chi connectivity index (χ3v) is 2.93. The predicted octanol–water partition coefficient (Wildman–Crippen LogP) is 0.637. The quantitative estimate of drug-likeness (QED) is 0.787. The van der Waals surface area contributed by atoms with Crippen LogP contribution in [0.1, 0.15) is 25.5 Å². The molecule has 2 N–H and O–H groups in total. The van der Waals surface area contributed by atoms with Gasteiger partial charge in [0.1, 0.15) is 5.60 Å². The van der Waals surface area contributed by atoms with Gasteiger partial charge in [-0.05, 0) is 19.8 Å². The average Bonchev–Trinajstić information content (AvgIpc) is 2.90. The smallest absolute Gasteiger partial charge is 0.251 e. The van der Waals surface area contributed by atoms with Crippen molar-refractivity contribution in [3.8, 4) is 0 Å². The van der Waals surface area contributed by atoms with Crippen molar-refractivity contribution in [1.29, 1.82) is 0 Å². The standard InChI is InChI=1S/C11H17N3O2/c1-11(4-2-6-16-11)10(15)13-5-3-9-7-12-8-14-9/h7-8H,2-6H2,1H3,(H,12,14)(H,13,15). The largest absolute Gasteiger partial charge is 0.365 e. The SMILES string of the molecule is CC1(C(=O)NCCc2cnc[nH]2)CCCO1. The number of aromatic nitrogens is 2. The number of carbonyl (C=O) groups excluding carboxylic acids is 1. The molecule has 2 rings (SSSR count). The zero-order chi connectivity index (χ0) is 11.4. The fourth-order valence-electron chi connectivity index (χ4n) is 1.88. The maximum atomic E-state index is 11.8. The number of hydrogen-bond acceptors (Lipinski definition) is 3. The van der Waals surface area contributed by atoms with Crippen LogP contribution in [0.5, 0.6) is 0 Å². The van der Waals surface area contributed by atoms with Gasteiger partial charge >= 0.3 is 0 Å². The van der Waals surface area contributed by atoms with Crippen molar-refractivity contribution in [3.63, 3.8) is 0 Å². The zero-order valence-electron chi connectivity index (χ0n) is 9.45.